The first-order chi connectivity index (χ1) is 7.68. The third-order valence-electron chi connectivity index (χ3n) is 2.30. The highest BCUT2D eigenvalue weighted by Gasteiger charge is 2.05. The molecule has 0 amide bonds. The Bertz CT molecular complexity index is 494. The molecule has 0 atom stereocenters. The van der Waals surface area contributed by atoms with Crippen molar-refractivity contribution >= 4 is 21.7 Å². The molecular weight excluding hydrogens is 270 g/mol. The molecule has 0 spiro atoms. The Kier molecular flexibility index (Phi) is 3.19. The highest BCUT2D eigenvalue weighted by Crippen LogP contribution is 2.23. The molecule has 6 heteroatoms. The summed E-state index contributed by atoms with van der Waals surface area (Å²) in [6.45, 7) is 2.63. The van der Waals surface area contributed by atoms with E-state index in [0.717, 1.165) is 21.7 Å². The number of nitrogens with zero attached hydrogens (tertiary/aromatic N) is 4. The van der Waals surface area contributed by atoms with Crippen molar-refractivity contribution in [3.05, 3.63) is 34.5 Å². The second kappa shape index (κ2) is 4.61. The van der Waals surface area contributed by atoms with E-state index in [9.17, 15) is 0 Å². The molecule has 0 saturated carbocycles. The van der Waals surface area contributed by atoms with Crippen LogP contribution in [0.25, 0.3) is 0 Å². The summed E-state index contributed by atoms with van der Waals surface area (Å²) in [4.78, 5) is 4.25. The maximum atomic E-state index is 4.25. The van der Waals surface area contributed by atoms with Crippen molar-refractivity contribution in [2.24, 2.45) is 7.05 Å². The van der Waals surface area contributed by atoms with Gasteiger partial charge in [-0.2, -0.15) is 0 Å². The molecule has 2 aromatic heterocycles. The largest absolute Gasteiger partial charge is 0.362 e. The summed E-state index contributed by atoms with van der Waals surface area (Å²) in [5.41, 5.74) is 1.15. The van der Waals surface area contributed by atoms with Crippen molar-refractivity contribution in [2.45, 2.75) is 13.5 Å². The van der Waals surface area contributed by atoms with Gasteiger partial charge in [-0.25, -0.2) is 4.98 Å². The lowest BCUT2D eigenvalue weighted by molar-refractivity contribution is 0.809. The van der Waals surface area contributed by atoms with Crippen molar-refractivity contribution in [1.29, 1.82) is 0 Å². The zero-order chi connectivity index (χ0) is 11.5. The molecule has 0 aliphatic heterocycles. The van der Waals surface area contributed by atoms with E-state index in [4.69, 9.17) is 0 Å². The second-order valence-corrected chi connectivity index (χ2v) is 4.30. The van der Waals surface area contributed by atoms with Gasteiger partial charge in [0.2, 0.25) is 0 Å². The van der Waals surface area contributed by atoms with E-state index < -0.39 is 0 Å². The predicted molar refractivity (Wildman–Crippen MR) is 65.0 cm³/mol. The van der Waals surface area contributed by atoms with Crippen LogP contribution in [-0.4, -0.2) is 19.7 Å². The lowest BCUT2D eigenvalue weighted by Gasteiger charge is -2.08. The van der Waals surface area contributed by atoms with Gasteiger partial charge in [0.05, 0.1) is 11.0 Å². The van der Waals surface area contributed by atoms with E-state index >= 15 is 0 Å². The minimum atomic E-state index is 0.603. The third kappa shape index (κ3) is 2.21. The van der Waals surface area contributed by atoms with E-state index in [1.165, 1.54) is 0 Å². The van der Waals surface area contributed by atoms with Gasteiger partial charge in [0.25, 0.3) is 0 Å². The van der Waals surface area contributed by atoms with Crippen LogP contribution >= 0.6 is 15.9 Å². The average molecular weight is 282 g/mol. The zero-order valence-electron chi connectivity index (χ0n) is 9.11. The van der Waals surface area contributed by atoms with Crippen LogP contribution in [0.3, 0.4) is 0 Å². The fourth-order valence-corrected chi connectivity index (χ4v) is 1.67. The quantitative estimate of drug-likeness (QED) is 0.934. The van der Waals surface area contributed by atoms with Crippen molar-refractivity contribution in [3.8, 4) is 0 Å². The highest BCUT2D eigenvalue weighted by atomic mass is 79.9. The molecule has 2 aromatic rings. The first-order valence-electron chi connectivity index (χ1n) is 4.86. The summed E-state index contributed by atoms with van der Waals surface area (Å²) < 4.78 is 2.86. The molecule has 0 aliphatic rings. The monoisotopic (exact) mass is 281 g/mol. The fraction of sp³-hybridized carbons (Fsp3) is 0.300. The Balaban J connectivity index is 2.11. The van der Waals surface area contributed by atoms with Crippen LogP contribution in [0, 0.1) is 6.92 Å². The molecule has 0 aliphatic carbocycles. The molecule has 84 valence electrons. The third-order valence-corrected chi connectivity index (χ3v) is 3.30. The number of aromatic nitrogens is 4. The van der Waals surface area contributed by atoms with Crippen LogP contribution in [0.1, 0.15) is 11.4 Å². The van der Waals surface area contributed by atoms with Gasteiger partial charge in [0, 0.05) is 13.2 Å². The van der Waals surface area contributed by atoms with Crippen molar-refractivity contribution in [3.63, 3.8) is 0 Å². The summed E-state index contributed by atoms with van der Waals surface area (Å²) in [5.74, 6) is 1.69. The van der Waals surface area contributed by atoms with Crippen molar-refractivity contribution in [2.75, 3.05) is 5.32 Å². The van der Waals surface area contributed by atoms with Crippen LogP contribution in [0.4, 0.5) is 5.82 Å². The summed E-state index contributed by atoms with van der Waals surface area (Å²) in [6, 6.07) is 1.96. The maximum absolute atomic E-state index is 4.25. The Morgan fingerprint density at radius 3 is 3.00 bits per heavy atom. The lowest BCUT2D eigenvalue weighted by Crippen LogP contribution is -2.07. The maximum Gasteiger partial charge on any atom is 0.151 e. The van der Waals surface area contributed by atoms with Crippen LogP contribution in [0.5, 0.6) is 0 Å². The summed E-state index contributed by atoms with van der Waals surface area (Å²) >= 11 is 3.50. The number of aryl methyl sites for hydroxylation is 2. The molecule has 2 rings (SSSR count). The van der Waals surface area contributed by atoms with E-state index in [1.807, 2.05) is 24.6 Å². The Labute approximate surface area is 102 Å². The van der Waals surface area contributed by atoms with Gasteiger partial charge in [-0.1, -0.05) is 0 Å². The molecule has 0 radical (unpaired) electrons. The van der Waals surface area contributed by atoms with Gasteiger partial charge in [0.1, 0.15) is 12.1 Å². The van der Waals surface area contributed by atoms with Crippen LogP contribution in [0.2, 0.25) is 0 Å². The number of pyridine rings is 1. The van der Waals surface area contributed by atoms with Gasteiger partial charge in [-0.15, -0.1) is 10.2 Å². The molecule has 5 nitrogen and oxygen atoms in total. The number of anilines is 1. The SMILES string of the molecule is Cc1ccnc(NCc2nncn2C)c1Br. The van der Waals surface area contributed by atoms with Gasteiger partial charge in [0.15, 0.2) is 5.82 Å². The molecule has 0 fully saturated rings. The molecule has 0 unspecified atom stereocenters. The van der Waals surface area contributed by atoms with Gasteiger partial charge in [-0.05, 0) is 34.5 Å². The lowest BCUT2D eigenvalue weighted by atomic mass is 10.3. The van der Waals surface area contributed by atoms with E-state index in [1.54, 1.807) is 12.5 Å². The first-order valence-corrected chi connectivity index (χ1v) is 5.65. The van der Waals surface area contributed by atoms with Gasteiger partial charge in [-0.3, -0.25) is 0 Å². The number of hydrogen-bond donors (Lipinski definition) is 1. The minimum Gasteiger partial charge on any atom is -0.362 e. The van der Waals surface area contributed by atoms with Gasteiger partial charge >= 0.3 is 0 Å². The highest BCUT2D eigenvalue weighted by molar-refractivity contribution is 9.10. The van der Waals surface area contributed by atoms with Gasteiger partial charge < -0.3 is 9.88 Å². The molecule has 0 bridgehead atoms. The molecule has 0 aromatic carbocycles. The number of hydrogen-bond acceptors (Lipinski definition) is 4. The van der Waals surface area contributed by atoms with E-state index in [-0.39, 0.29) is 0 Å². The summed E-state index contributed by atoms with van der Waals surface area (Å²) in [6.07, 6.45) is 3.45. The Morgan fingerprint density at radius 1 is 1.50 bits per heavy atom. The molecule has 1 N–H and O–H groups in total. The van der Waals surface area contributed by atoms with Crippen LogP contribution in [-0.2, 0) is 13.6 Å². The summed E-state index contributed by atoms with van der Waals surface area (Å²) in [5, 5.41) is 11.0. The summed E-state index contributed by atoms with van der Waals surface area (Å²) in [7, 11) is 1.91. The molecule has 0 saturated heterocycles. The minimum absolute atomic E-state index is 0.603. The number of rotatable bonds is 3. The standard InChI is InChI=1S/C10H12BrN5/c1-7-3-4-12-10(9(7)11)13-5-8-15-14-6-16(8)2/h3-4,6H,5H2,1-2H3,(H,12,13). The van der Waals surface area contributed by atoms with Crippen molar-refractivity contribution < 1.29 is 0 Å². The average Bonchev–Trinajstić information content (AvgIpc) is 2.67. The number of nitrogens with one attached hydrogen (secondary N) is 1. The Hall–Kier alpha value is -1.43. The molecular formula is C10H12BrN5. The molecule has 16 heavy (non-hydrogen) atoms. The topological polar surface area (TPSA) is 55.6 Å². The van der Waals surface area contributed by atoms with Crippen molar-refractivity contribution in [1.82, 2.24) is 19.7 Å². The Morgan fingerprint density at radius 2 is 2.31 bits per heavy atom. The smallest absolute Gasteiger partial charge is 0.151 e. The number of halogens is 1. The van der Waals surface area contributed by atoms with Crippen LogP contribution in [0.15, 0.2) is 23.1 Å². The zero-order valence-corrected chi connectivity index (χ0v) is 10.7. The normalized spacial score (nSPS) is 10.4. The van der Waals surface area contributed by atoms with E-state index in [0.29, 0.717) is 6.54 Å². The second-order valence-electron chi connectivity index (χ2n) is 3.50. The fourth-order valence-electron chi connectivity index (χ4n) is 1.29. The van der Waals surface area contributed by atoms with E-state index in [2.05, 4.69) is 36.4 Å². The van der Waals surface area contributed by atoms with Crippen LogP contribution < -0.4 is 5.32 Å². The first kappa shape index (κ1) is 11.1. The molecule has 2 heterocycles. The predicted octanol–water partition coefficient (Wildman–Crippen LogP) is 1.89.